The Morgan fingerprint density at radius 3 is 2.03 bits per heavy atom. The summed E-state index contributed by atoms with van der Waals surface area (Å²) in [6.07, 6.45) is 0. The summed E-state index contributed by atoms with van der Waals surface area (Å²) in [5.41, 5.74) is 6.18. The zero-order chi connectivity index (χ0) is 24.5. The number of anilines is 1. The quantitative estimate of drug-likeness (QED) is 0.288. The molecule has 2 heterocycles. The Morgan fingerprint density at radius 2 is 1.36 bits per heavy atom. The maximum atomic E-state index is 13.1. The first-order valence-corrected chi connectivity index (χ1v) is 12.2. The molecule has 1 amide bonds. The molecule has 0 aliphatic rings. The standard InChI is InChI=1S/C29H20N4O2S/c1-35-21-13-15-23-25(17-21)36-29(32-23)33-28(34)20-12-14-22-24(16-20)31-27(19-10-6-3-7-11-19)26(30-22)18-8-4-2-5-9-18/h2-17H,1H3,(H,32,33,34). The van der Waals surface area contributed by atoms with Gasteiger partial charge in [-0.25, -0.2) is 15.0 Å². The number of thiazole rings is 1. The minimum absolute atomic E-state index is 0.252. The van der Waals surface area contributed by atoms with Gasteiger partial charge in [0.25, 0.3) is 5.91 Å². The predicted octanol–water partition coefficient (Wildman–Crippen LogP) is 6.83. The van der Waals surface area contributed by atoms with Crippen molar-refractivity contribution < 1.29 is 9.53 Å². The van der Waals surface area contributed by atoms with Gasteiger partial charge in [-0.05, 0) is 36.4 Å². The molecule has 0 atom stereocenters. The van der Waals surface area contributed by atoms with Crippen LogP contribution < -0.4 is 10.1 Å². The van der Waals surface area contributed by atoms with Gasteiger partial charge in [0.1, 0.15) is 5.75 Å². The van der Waals surface area contributed by atoms with Gasteiger partial charge < -0.3 is 4.74 Å². The highest BCUT2D eigenvalue weighted by molar-refractivity contribution is 7.22. The maximum absolute atomic E-state index is 13.1. The normalized spacial score (nSPS) is 11.0. The van der Waals surface area contributed by atoms with Crippen molar-refractivity contribution in [2.45, 2.75) is 0 Å². The number of methoxy groups -OCH3 is 1. The van der Waals surface area contributed by atoms with Crippen molar-refractivity contribution in [2.24, 2.45) is 0 Å². The van der Waals surface area contributed by atoms with Crippen molar-refractivity contribution >= 4 is 43.6 Å². The Balaban J connectivity index is 1.38. The van der Waals surface area contributed by atoms with E-state index in [-0.39, 0.29) is 5.91 Å². The SMILES string of the molecule is COc1ccc2nc(NC(=O)c3ccc4nc(-c5ccccc5)c(-c5ccccc5)nc4c3)sc2c1. The number of rotatable bonds is 5. The number of hydrogen-bond donors (Lipinski definition) is 1. The van der Waals surface area contributed by atoms with Crippen molar-refractivity contribution in [1.29, 1.82) is 0 Å². The van der Waals surface area contributed by atoms with E-state index in [1.165, 1.54) is 11.3 Å². The summed E-state index contributed by atoms with van der Waals surface area (Å²) < 4.78 is 6.22. The van der Waals surface area contributed by atoms with Gasteiger partial charge in [0.15, 0.2) is 5.13 Å². The van der Waals surface area contributed by atoms with E-state index in [2.05, 4.69) is 10.3 Å². The first-order chi connectivity index (χ1) is 17.7. The highest BCUT2D eigenvalue weighted by Crippen LogP contribution is 2.32. The number of carbonyl (C=O) groups is 1. The van der Waals surface area contributed by atoms with Crippen molar-refractivity contribution in [3.63, 3.8) is 0 Å². The van der Waals surface area contributed by atoms with Crippen LogP contribution in [-0.4, -0.2) is 28.0 Å². The van der Waals surface area contributed by atoms with Gasteiger partial charge in [0, 0.05) is 16.7 Å². The van der Waals surface area contributed by atoms with Crippen molar-refractivity contribution in [3.05, 3.63) is 103 Å². The third-order valence-electron chi connectivity index (χ3n) is 5.84. The first-order valence-electron chi connectivity index (χ1n) is 11.4. The molecule has 0 fully saturated rings. The van der Waals surface area contributed by atoms with E-state index in [4.69, 9.17) is 14.7 Å². The van der Waals surface area contributed by atoms with Crippen molar-refractivity contribution in [3.8, 4) is 28.3 Å². The van der Waals surface area contributed by atoms with Crippen molar-refractivity contribution in [1.82, 2.24) is 15.0 Å². The fourth-order valence-corrected chi connectivity index (χ4v) is 4.93. The molecule has 0 aliphatic heterocycles. The Bertz CT molecular complexity index is 1720. The van der Waals surface area contributed by atoms with E-state index in [0.29, 0.717) is 16.2 Å². The number of ether oxygens (including phenoxy) is 1. The third kappa shape index (κ3) is 4.16. The Morgan fingerprint density at radius 1 is 0.722 bits per heavy atom. The van der Waals surface area contributed by atoms with Gasteiger partial charge in [-0.1, -0.05) is 72.0 Å². The van der Waals surface area contributed by atoms with Gasteiger partial charge in [0.2, 0.25) is 0 Å². The Kier molecular flexibility index (Phi) is 5.59. The number of amides is 1. The number of nitrogens with one attached hydrogen (secondary N) is 1. The molecule has 6 nitrogen and oxygen atoms in total. The van der Waals surface area contributed by atoms with Crippen LogP contribution in [0.3, 0.4) is 0 Å². The molecule has 0 saturated carbocycles. The van der Waals surface area contributed by atoms with Crippen LogP contribution in [-0.2, 0) is 0 Å². The highest BCUT2D eigenvalue weighted by Gasteiger charge is 2.16. The Hall–Kier alpha value is -4.62. The fourth-order valence-electron chi connectivity index (χ4n) is 4.04. The molecule has 36 heavy (non-hydrogen) atoms. The van der Waals surface area contributed by atoms with E-state index < -0.39 is 0 Å². The van der Waals surface area contributed by atoms with Crippen molar-refractivity contribution in [2.75, 3.05) is 12.4 Å². The third-order valence-corrected chi connectivity index (χ3v) is 6.77. The highest BCUT2D eigenvalue weighted by atomic mass is 32.1. The summed E-state index contributed by atoms with van der Waals surface area (Å²) in [6.45, 7) is 0. The van der Waals surface area contributed by atoms with E-state index in [1.54, 1.807) is 19.2 Å². The molecular weight excluding hydrogens is 468 g/mol. The number of aromatic nitrogens is 3. The van der Waals surface area contributed by atoms with Crippen LogP contribution in [0.1, 0.15) is 10.4 Å². The maximum Gasteiger partial charge on any atom is 0.257 e. The number of carbonyl (C=O) groups excluding carboxylic acids is 1. The molecular formula is C29H20N4O2S. The van der Waals surface area contributed by atoms with Gasteiger partial charge in [-0.2, -0.15) is 0 Å². The van der Waals surface area contributed by atoms with E-state index in [9.17, 15) is 4.79 Å². The summed E-state index contributed by atoms with van der Waals surface area (Å²) in [7, 11) is 1.62. The first kappa shape index (κ1) is 21.9. The van der Waals surface area contributed by atoms with Gasteiger partial charge in [0.05, 0.1) is 39.7 Å². The van der Waals surface area contributed by atoms with Crippen LogP contribution in [0.25, 0.3) is 43.8 Å². The van der Waals surface area contributed by atoms with Crippen LogP contribution in [0.4, 0.5) is 5.13 Å². The van der Waals surface area contributed by atoms with Gasteiger partial charge >= 0.3 is 0 Å². The molecule has 0 radical (unpaired) electrons. The predicted molar refractivity (Wildman–Crippen MR) is 145 cm³/mol. The average molecular weight is 489 g/mol. The molecule has 0 saturated heterocycles. The minimum Gasteiger partial charge on any atom is -0.497 e. The van der Waals surface area contributed by atoms with Crippen LogP contribution in [0.15, 0.2) is 97.1 Å². The zero-order valence-electron chi connectivity index (χ0n) is 19.3. The molecule has 4 aromatic carbocycles. The monoisotopic (exact) mass is 488 g/mol. The second-order valence-electron chi connectivity index (χ2n) is 8.16. The molecule has 0 unspecified atom stereocenters. The number of benzene rings is 4. The zero-order valence-corrected chi connectivity index (χ0v) is 20.1. The summed E-state index contributed by atoms with van der Waals surface area (Å²) in [4.78, 5) is 27.5. The summed E-state index contributed by atoms with van der Waals surface area (Å²) in [6, 6.07) is 31.0. The topological polar surface area (TPSA) is 77.0 Å². The summed E-state index contributed by atoms with van der Waals surface area (Å²) in [5, 5.41) is 3.44. The van der Waals surface area contributed by atoms with Crippen LogP contribution in [0, 0.1) is 0 Å². The average Bonchev–Trinajstić information content (AvgIpc) is 3.34. The van der Waals surface area contributed by atoms with Gasteiger partial charge in [-0.15, -0.1) is 0 Å². The molecule has 6 rings (SSSR count). The number of hydrogen-bond acceptors (Lipinski definition) is 6. The van der Waals surface area contributed by atoms with Crippen LogP contribution in [0.5, 0.6) is 5.75 Å². The van der Waals surface area contributed by atoms with Crippen LogP contribution >= 0.6 is 11.3 Å². The van der Waals surface area contributed by atoms with E-state index >= 15 is 0 Å². The lowest BCUT2D eigenvalue weighted by atomic mass is 10.0. The smallest absolute Gasteiger partial charge is 0.257 e. The lowest BCUT2D eigenvalue weighted by Crippen LogP contribution is -2.11. The minimum atomic E-state index is -0.252. The molecule has 1 N–H and O–H groups in total. The summed E-state index contributed by atoms with van der Waals surface area (Å²) >= 11 is 1.40. The molecule has 6 aromatic rings. The molecule has 0 spiro atoms. The second-order valence-corrected chi connectivity index (χ2v) is 9.19. The molecule has 174 valence electrons. The van der Waals surface area contributed by atoms with Gasteiger partial charge in [-0.3, -0.25) is 10.1 Å². The molecule has 2 aromatic heterocycles. The fraction of sp³-hybridized carbons (Fsp3) is 0.0345. The lowest BCUT2D eigenvalue weighted by Gasteiger charge is -2.11. The number of fused-ring (bicyclic) bond motifs is 2. The lowest BCUT2D eigenvalue weighted by molar-refractivity contribution is 0.102. The molecule has 7 heteroatoms. The van der Waals surface area contributed by atoms with Crippen LogP contribution in [0.2, 0.25) is 0 Å². The number of nitrogens with zero attached hydrogens (tertiary/aromatic N) is 3. The molecule has 0 aliphatic carbocycles. The van der Waals surface area contributed by atoms with E-state index in [1.807, 2.05) is 84.9 Å². The second kappa shape index (κ2) is 9.20. The van der Waals surface area contributed by atoms with E-state index in [0.717, 1.165) is 44.0 Å². The Labute approximate surface area is 211 Å². The summed E-state index contributed by atoms with van der Waals surface area (Å²) in [5.74, 6) is 0.499. The molecule has 0 bridgehead atoms. The largest absolute Gasteiger partial charge is 0.497 e.